The van der Waals surface area contributed by atoms with Gasteiger partial charge in [0.05, 0.1) is 12.1 Å². The molecule has 1 aromatic carbocycles. The van der Waals surface area contributed by atoms with E-state index in [4.69, 9.17) is 0 Å². The average molecular weight is 187 g/mol. The number of anilines is 1. The second-order valence-electron chi connectivity index (χ2n) is 2.74. The molecule has 0 aromatic heterocycles. The Bertz CT molecular complexity index is 403. The van der Waals surface area contributed by atoms with Crippen molar-refractivity contribution in [2.75, 3.05) is 5.32 Å². The molecule has 0 aliphatic carbocycles. The zero-order valence-electron chi connectivity index (χ0n) is 6.33. The standard InChI is InChI=1S/C8H4F3NO/c9-4-2-5-3(1-6(13)12-5)7(10)8(4)11/h2H,1H2,(H,12,13). The lowest BCUT2D eigenvalue weighted by Crippen LogP contribution is -2.03. The molecule has 0 radical (unpaired) electrons. The van der Waals surface area contributed by atoms with Gasteiger partial charge in [-0.1, -0.05) is 0 Å². The van der Waals surface area contributed by atoms with E-state index in [9.17, 15) is 18.0 Å². The molecular formula is C8H4F3NO. The van der Waals surface area contributed by atoms with Crippen LogP contribution in [0.15, 0.2) is 6.07 Å². The summed E-state index contributed by atoms with van der Waals surface area (Å²) in [5.74, 6) is -4.57. The Balaban J connectivity index is 2.66. The predicted octanol–water partition coefficient (Wildman–Crippen LogP) is 1.60. The van der Waals surface area contributed by atoms with Crippen molar-refractivity contribution in [3.05, 3.63) is 29.1 Å². The molecule has 13 heavy (non-hydrogen) atoms. The van der Waals surface area contributed by atoms with Crippen molar-refractivity contribution in [2.45, 2.75) is 6.42 Å². The van der Waals surface area contributed by atoms with E-state index >= 15 is 0 Å². The van der Waals surface area contributed by atoms with Crippen LogP contribution >= 0.6 is 0 Å². The first-order chi connectivity index (χ1) is 6.09. The van der Waals surface area contributed by atoms with E-state index in [-0.39, 0.29) is 17.7 Å². The summed E-state index contributed by atoms with van der Waals surface area (Å²) >= 11 is 0. The minimum Gasteiger partial charge on any atom is -0.325 e. The normalized spacial score (nSPS) is 14.2. The summed E-state index contributed by atoms with van der Waals surface area (Å²) in [6.45, 7) is 0. The molecule has 0 bridgehead atoms. The van der Waals surface area contributed by atoms with Gasteiger partial charge in [-0.05, 0) is 0 Å². The fraction of sp³-hybridized carbons (Fsp3) is 0.125. The van der Waals surface area contributed by atoms with Gasteiger partial charge in [0.15, 0.2) is 17.5 Å². The maximum atomic E-state index is 12.9. The van der Waals surface area contributed by atoms with Gasteiger partial charge in [-0.25, -0.2) is 13.2 Å². The number of carbonyl (C=O) groups is 1. The summed E-state index contributed by atoms with van der Waals surface area (Å²) in [6, 6.07) is 0.776. The fourth-order valence-corrected chi connectivity index (χ4v) is 1.27. The molecule has 5 heteroatoms. The van der Waals surface area contributed by atoms with Gasteiger partial charge < -0.3 is 5.32 Å². The first kappa shape index (κ1) is 8.10. The molecule has 1 N–H and O–H groups in total. The highest BCUT2D eigenvalue weighted by atomic mass is 19.2. The first-order valence-electron chi connectivity index (χ1n) is 3.56. The monoisotopic (exact) mass is 187 g/mol. The summed E-state index contributed by atoms with van der Waals surface area (Å²) in [5.41, 5.74) is -0.0923. The molecule has 2 rings (SSSR count). The van der Waals surface area contributed by atoms with Gasteiger partial charge in [0.2, 0.25) is 5.91 Å². The number of rotatable bonds is 0. The second-order valence-corrected chi connectivity index (χ2v) is 2.74. The van der Waals surface area contributed by atoms with E-state index in [1.807, 2.05) is 0 Å². The maximum Gasteiger partial charge on any atom is 0.228 e. The van der Waals surface area contributed by atoms with Gasteiger partial charge in [-0.15, -0.1) is 0 Å². The van der Waals surface area contributed by atoms with Crippen LogP contribution in [0.4, 0.5) is 18.9 Å². The third-order valence-corrected chi connectivity index (χ3v) is 1.87. The third kappa shape index (κ3) is 1.07. The fourth-order valence-electron chi connectivity index (χ4n) is 1.27. The summed E-state index contributed by atoms with van der Waals surface area (Å²) in [6.07, 6.45) is -0.238. The zero-order chi connectivity index (χ0) is 9.59. The van der Waals surface area contributed by atoms with Crippen LogP contribution in [0, 0.1) is 17.5 Å². The highest BCUT2D eigenvalue weighted by Gasteiger charge is 2.26. The molecule has 0 spiro atoms. The van der Waals surface area contributed by atoms with Gasteiger partial charge in [0.25, 0.3) is 0 Å². The molecule has 0 saturated heterocycles. The van der Waals surface area contributed by atoms with Crippen LogP contribution in [0.5, 0.6) is 0 Å². The Morgan fingerprint density at radius 2 is 1.92 bits per heavy atom. The van der Waals surface area contributed by atoms with Crippen molar-refractivity contribution in [2.24, 2.45) is 0 Å². The van der Waals surface area contributed by atoms with Gasteiger partial charge in [-0.2, -0.15) is 0 Å². The molecule has 1 heterocycles. The Hall–Kier alpha value is -1.52. The summed E-state index contributed by atoms with van der Waals surface area (Å²) in [7, 11) is 0. The lowest BCUT2D eigenvalue weighted by molar-refractivity contribution is -0.115. The van der Waals surface area contributed by atoms with Crippen LogP contribution in [-0.4, -0.2) is 5.91 Å². The van der Waals surface area contributed by atoms with Crippen molar-refractivity contribution in [1.82, 2.24) is 0 Å². The van der Waals surface area contributed by atoms with Gasteiger partial charge >= 0.3 is 0 Å². The summed E-state index contributed by atoms with van der Waals surface area (Å²) < 4.78 is 38.1. The number of hydrogen-bond acceptors (Lipinski definition) is 1. The third-order valence-electron chi connectivity index (χ3n) is 1.87. The number of fused-ring (bicyclic) bond motifs is 1. The van der Waals surface area contributed by atoms with Gasteiger partial charge in [0.1, 0.15) is 0 Å². The number of benzene rings is 1. The van der Waals surface area contributed by atoms with E-state index in [1.165, 1.54) is 0 Å². The summed E-state index contributed by atoms with van der Waals surface area (Å²) in [4.78, 5) is 10.8. The Labute approximate surface area is 71.4 Å². The van der Waals surface area contributed by atoms with Crippen LogP contribution in [0.1, 0.15) is 5.56 Å². The molecule has 1 aromatic rings. The molecule has 1 aliphatic rings. The van der Waals surface area contributed by atoms with Crippen molar-refractivity contribution in [1.29, 1.82) is 0 Å². The number of nitrogens with one attached hydrogen (secondary N) is 1. The molecule has 0 fully saturated rings. The number of halogens is 3. The lowest BCUT2D eigenvalue weighted by atomic mass is 10.1. The lowest BCUT2D eigenvalue weighted by Gasteiger charge is -2.01. The van der Waals surface area contributed by atoms with Crippen molar-refractivity contribution in [3.63, 3.8) is 0 Å². The average Bonchev–Trinajstić information content (AvgIpc) is 2.42. The van der Waals surface area contributed by atoms with E-state index in [0.717, 1.165) is 6.07 Å². The van der Waals surface area contributed by atoms with E-state index in [0.29, 0.717) is 0 Å². The predicted molar refractivity (Wildman–Crippen MR) is 38.6 cm³/mol. The topological polar surface area (TPSA) is 29.1 Å². The Morgan fingerprint density at radius 1 is 1.23 bits per heavy atom. The number of hydrogen-bond donors (Lipinski definition) is 1. The first-order valence-corrected chi connectivity index (χ1v) is 3.56. The number of carbonyl (C=O) groups excluding carboxylic acids is 1. The van der Waals surface area contributed by atoms with Crippen molar-refractivity contribution < 1.29 is 18.0 Å². The van der Waals surface area contributed by atoms with Gasteiger partial charge in [0, 0.05) is 11.6 Å². The molecule has 1 aliphatic heterocycles. The zero-order valence-corrected chi connectivity index (χ0v) is 6.33. The summed E-state index contributed by atoms with van der Waals surface area (Å²) in [5, 5.41) is 2.22. The smallest absolute Gasteiger partial charge is 0.228 e. The number of amides is 1. The molecule has 1 amide bonds. The molecular weight excluding hydrogens is 183 g/mol. The second kappa shape index (κ2) is 2.48. The van der Waals surface area contributed by atoms with Crippen LogP contribution < -0.4 is 5.32 Å². The van der Waals surface area contributed by atoms with Crippen molar-refractivity contribution in [3.8, 4) is 0 Å². The highest BCUT2D eigenvalue weighted by molar-refractivity contribution is 5.99. The minimum absolute atomic E-state index is 0.0152. The molecule has 2 nitrogen and oxygen atoms in total. The Morgan fingerprint density at radius 3 is 2.62 bits per heavy atom. The SMILES string of the molecule is O=C1Cc2c(cc(F)c(F)c2F)N1. The molecule has 0 atom stereocenters. The maximum absolute atomic E-state index is 12.9. The largest absolute Gasteiger partial charge is 0.325 e. The van der Waals surface area contributed by atoms with Gasteiger partial charge in [-0.3, -0.25) is 4.79 Å². The quantitative estimate of drug-likeness (QED) is 0.614. The minimum atomic E-state index is -1.53. The molecule has 68 valence electrons. The Kier molecular flexibility index (Phi) is 1.55. The van der Waals surface area contributed by atoms with Crippen LogP contribution in [-0.2, 0) is 11.2 Å². The van der Waals surface area contributed by atoms with E-state index in [1.54, 1.807) is 0 Å². The van der Waals surface area contributed by atoms with Crippen LogP contribution in [0.3, 0.4) is 0 Å². The molecule has 0 saturated carbocycles. The van der Waals surface area contributed by atoms with E-state index in [2.05, 4.69) is 5.32 Å². The van der Waals surface area contributed by atoms with Crippen molar-refractivity contribution >= 4 is 11.6 Å². The van der Waals surface area contributed by atoms with E-state index < -0.39 is 23.4 Å². The molecule has 0 unspecified atom stereocenters. The van der Waals surface area contributed by atoms with Crippen LogP contribution in [0.2, 0.25) is 0 Å². The highest BCUT2D eigenvalue weighted by Crippen LogP contribution is 2.28. The van der Waals surface area contributed by atoms with Crippen LogP contribution in [0.25, 0.3) is 0 Å².